The third kappa shape index (κ3) is 1.91. The first-order valence-corrected chi connectivity index (χ1v) is 5.75. The number of methoxy groups -OCH3 is 1. The van der Waals surface area contributed by atoms with Crippen molar-refractivity contribution >= 4 is 17.3 Å². The zero-order chi connectivity index (χ0) is 10.8. The topological polar surface area (TPSA) is 21.3 Å². The van der Waals surface area contributed by atoms with E-state index in [9.17, 15) is 0 Å². The molecule has 1 aromatic carbocycles. The molecule has 0 fully saturated rings. The molecular weight excluding hydrogens is 210 g/mol. The third-order valence-corrected chi connectivity index (χ3v) is 3.10. The highest BCUT2D eigenvalue weighted by Crippen LogP contribution is 2.38. The number of hydrogen-bond acceptors (Lipinski definition) is 2. The van der Waals surface area contributed by atoms with Crippen LogP contribution < -0.4 is 10.1 Å². The number of alkyl halides is 1. The van der Waals surface area contributed by atoms with Crippen LogP contribution in [0.15, 0.2) is 12.1 Å². The molecule has 2 nitrogen and oxygen atoms in total. The summed E-state index contributed by atoms with van der Waals surface area (Å²) in [5, 5.41) is 3.45. The highest BCUT2D eigenvalue weighted by molar-refractivity contribution is 6.20. The van der Waals surface area contributed by atoms with E-state index in [1.165, 1.54) is 11.1 Å². The maximum atomic E-state index is 6.17. The van der Waals surface area contributed by atoms with Gasteiger partial charge in [0, 0.05) is 6.54 Å². The number of nitrogens with one attached hydrogen (secondary N) is 1. The van der Waals surface area contributed by atoms with E-state index in [0.29, 0.717) is 0 Å². The number of halogens is 1. The van der Waals surface area contributed by atoms with E-state index in [2.05, 4.69) is 11.4 Å². The highest BCUT2D eigenvalue weighted by Gasteiger charge is 2.19. The molecule has 1 unspecified atom stereocenters. The summed E-state index contributed by atoms with van der Waals surface area (Å²) in [5.41, 5.74) is 3.68. The summed E-state index contributed by atoms with van der Waals surface area (Å²) in [4.78, 5) is 0. The maximum Gasteiger partial charge on any atom is 0.142 e. The fourth-order valence-corrected chi connectivity index (χ4v) is 2.33. The van der Waals surface area contributed by atoms with E-state index in [-0.39, 0.29) is 5.38 Å². The van der Waals surface area contributed by atoms with Gasteiger partial charge in [0.2, 0.25) is 0 Å². The molecule has 1 N–H and O–H groups in total. The molecule has 82 valence electrons. The van der Waals surface area contributed by atoms with Gasteiger partial charge in [-0.15, -0.1) is 11.6 Å². The first-order chi connectivity index (χ1) is 7.24. The molecule has 0 aromatic heterocycles. The van der Waals surface area contributed by atoms with Crippen molar-refractivity contribution < 1.29 is 4.74 Å². The number of fused-ring (bicyclic) bond motifs is 1. The molecule has 0 saturated carbocycles. The second-order valence-corrected chi connectivity index (χ2v) is 4.51. The second-order valence-electron chi connectivity index (χ2n) is 3.86. The van der Waals surface area contributed by atoms with Crippen molar-refractivity contribution in [1.82, 2.24) is 0 Å². The summed E-state index contributed by atoms with van der Waals surface area (Å²) < 4.78 is 5.34. The van der Waals surface area contributed by atoms with Crippen LogP contribution in [0.5, 0.6) is 5.75 Å². The van der Waals surface area contributed by atoms with Crippen molar-refractivity contribution in [2.75, 3.05) is 19.0 Å². The van der Waals surface area contributed by atoms with Gasteiger partial charge in [0.05, 0.1) is 18.2 Å². The Morgan fingerprint density at radius 3 is 2.93 bits per heavy atom. The molecule has 1 heterocycles. The quantitative estimate of drug-likeness (QED) is 0.780. The fourth-order valence-electron chi connectivity index (χ4n) is 2.13. The second kappa shape index (κ2) is 4.31. The van der Waals surface area contributed by atoms with Crippen molar-refractivity contribution in [3.8, 4) is 5.75 Å². The molecule has 3 heteroatoms. The molecule has 0 aliphatic carbocycles. The van der Waals surface area contributed by atoms with Gasteiger partial charge >= 0.3 is 0 Å². The predicted octanol–water partition coefficient (Wildman–Crippen LogP) is 3.35. The Bertz CT molecular complexity index is 363. The van der Waals surface area contributed by atoms with Gasteiger partial charge in [-0.3, -0.25) is 0 Å². The molecule has 1 aliphatic heterocycles. The molecule has 0 radical (unpaired) electrons. The van der Waals surface area contributed by atoms with Crippen molar-refractivity contribution in [2.45, 2.75) is 25.1 Å². The Kier molecular flexibility index (Phi) is 3.06. The summed E-state index contributed by atoms with van der Waals surface area (Å²) in [5.74, 6) is 0.922. The number of ether oxygens (including phenoxy) is 1. The third-order valence-electron chi connectivity index (χ3n) is 2.86. The maximum absolute atomic E-state index is 6.17. The minimum atomic E-state index is 0.0598. The average Bonchev–Trinajstić information content (AvgIpc) is 2.27. The van der Waals surface area contributed by atoms with Gasteiger partial charge in [-0.25, -0.2) is 0 Å². The Balaban J connectivity index is 2.52. The molecule has 1 aliphatic rings. The molecule has 0 bridgehead atoms. The van der Waals surface area contributed by atoms with E-state index in [1.54, 1.807) is 7.11 Å². The zero-order valence-electron chi connectivity index (χ0n) is 9.14. The van der Waals surface area contributed by atoms with Gasteiger partial charge in [-0.05, 0) is 37.0 Å². The van der Waals surface area contributed by atoms with E-state index < -0.39 is 0 Å². The van der Waals surface area contributed by atoms with E-state index in [0.717, 1.165) is 30.8 Å². The minimum Gasteiger partial charge on any atom is -0.495 e. The largest absolute Gasteiger partial charge is 0.495 e. The van der Waals surface area contributed by atoms with Crippen LogP contribution in [0.4, 0.5) is 5.69 Å². The van der Waals surface area contributed by atoms with Gasteiger partial charge < -0.3 is 10.1 Å². The number of anilines is 1. The van der Waals surface area contributed by atoms with Crippen molar-refractivity contribution in [2.24, 2.45) is 0 Å². The summed E-state index contributed by atoms with van der Waals surface area (Å²) >= 11 is 6.17. The zero-order valence-corrected chi connectivity index (χ0v) is 9.90. The highest BCUT2D eigenvalue weighted by atomic mass is 35.5. The van der Waals surface area contributed by atoms with E-state index >= 15 is 0 Å². The summed E-state index contributed by atoms with van der Waals surface area (Å²) in [7, 11) is 1.70. The predicted molar refractivity (Wildman–Crippen MR) is 64.1 cm³/mol. The Morgan fingerprint density at radius 1 is 1.47 bits per heavy atom. The van der Waals surface area contributed by atoms with Crippen molar-refractivity contribution in [3.63, 3.8) is 0 Å². The lowest BCUT2D eigenvalue weighted by atomic mass is 9.95. The van der Waals surface area contributed by atoms with Crippen LogP contribution in [-0.4, -0.2) is 13.7 Å². The monoisotopic (exact) mass is 225 g/mol. The van der Waals surface area contributed by atoms with Gasteiger partial charge in [0.1, 0.15) is 5.75 Å². The molecular formula is C12H16ClNO. The molecule has 0 spiro atoms. The SMILES string of the molecule is COc1ccc(C(C)Cl)c2c1NCCC2. The molecule has 2 rings (SSSR count). The molecule has 1 atom stereocenters. The molecule has 0 amide bonds. The smallest absolute Gasteiger partial charge is 0.142 e. The van der Waals surface area contributed by atoms with Crippen molar-refractivity contribution in [3.05, 3.63) is 23.3 Å². The molecule has 0 saturated heterocycles. The average molecular weight is 226 g/mol. The van der Waals surface area contributed by atoms with Crippen LogP contribution in [0.3, 0.4) is 0 Å². The summed E-state index contributed by atoms with van der Waals surface area (Å²) in [6.07, 6.45) is 2.25. The van der Waals surface area contributed by atoms with Crippen LogP contribution in [0, 0.1) is 0 Å². The number of hydrogen-bond donors (Lipinski definition) is 1. The van der Waals surface area contributed by atoms with Gasteiger partial charge in [-0.2, -0.15) is 0 Å². The number of benzene rings is 1. The van der Waals surface area contributed by atoms with Gasteiger partial charge in [0.25, 0.3) is 0 Å². The Hall–Kier alpha value is -0.890. The Morgan fingerprint density at radius 2 is 2.27 bits per heavy atom. The van der Waals surface area contributed by atoms with Gasteiger partial charge in [0.15, 0.2) is 0 Å². The van der Waals surface area contributed by atoms with E-state index in [4.69, 9.17) is 16.3 Å². The summed E-state index contributed by atoms with van der Waals surface area (Å²) in [6, 6.07) is 4.06. The van der Waals surface area contributed by atoms with Gasteiger partial charge in [-0.1, -0.05) is 6.07 Å². The lowest BCUT2D eigenvalue weighted by Crippen LogP contribution is -2.14. The molecule has 15 heavy (non-hydrogen) atoms. The van der Waals surface area contributed by atoms with Crippen LogP contribution in [0.2, 0.25) is 0 Å². The first-order valence-electron chi connectivity index (χ1n) is 5.31. The summed E-state index contributed by atoms with van der Waals surface area (Å²) in [6.45, 7) is 3.03. The van der Waals surface area contributed by atoms with Crippen LogP contribution in [-0.2, 0) is 6.42 Å². The Labute approximate surface area is 95.6 Å². The van der Waals surface area contributed by atoms with Crippen molar-refractivity contribution in [1.29, 1.82) is 0 Å². The number of rotatable bonds is 2. The molecule has 1 aromatic rings. The normalized spacial score (nSPS) is 16.5. The van der Waals surface area contributed by atoms with Crippen LogP contribution in [0.1, 0.15) is 29.8 Å². The standard InChI is InChI=1S/C12H16ClNO/c1-8(13)9-5-6-11(15-2)12-10(9)4-3-7-14-12/h5-6,8,14H,3-4,7H2,1-2H3. The first kappa shape index (κ1) is 10.6. The van der Waals surface area contributed by atoms with E-state index in [1.807, 2.05) is 13.0 Å². The fraction of sp³-hybridized carbons (Fsp3) is 0.500. The van der Waals surface area contributed by atoms with Crippen LogP contribution >= 0.6 is 11.6 Å². The lowest BCUT2D eigenvalue weighted by molar-refractivity contribution is 0.415. The minimum absolute atomic E-state index is 0.0598. The lowest BCUT2D eigenvalue weighted by Gasteiger charge is -2.24. The van der Waals surface area contributed by atoms with Crippen LogP contribution in [0.25, 0.3) is 0 Å².